The van der Waals surface area contributed by atoms with Crippen molar-refractivity contribution in [3.63, 3.8) is 0 Å². The van der Waals surface area contributed by atoms with Crippen molar-refractivity contribution in [1.29, 1.82) is 0 Å². The summed E-state index contributed by atoms with van der Waals surface area (Å²) in [5, 5.41) is 5.94. The smallest absolute Gasteiger partial charge is 0.239 e. The van der Waals surface area contributed by atoms with Crippen LogP contribution in [0.25, 0.3) is 0 Å². The zero-order valence-electron chi connectivity index (χ0n) is 19.6. The highest BCUT2D eigenvalue weighted by atomic mass is 32.2. The number of fused-ring (bicyclic) bond motifs is 1. The first kappa shape index (κ1) is 24.4. The molecule has 0 radical (unpaired) electrons. The van der Waals surface area contributed by atoms with Crippen LogP contribution >= 0.6 is 0 Å². The van der Waals surface area contributed by atoms with Crippen LogP contribution in [0.4, 0.5) is 0 Å². The van der Waals surface area contributed by atoms with Gasteiger partial charge in [-0.3, -0.25) is 19.4 Å². The van der Waals surface area contributed by atoms with Gasteiger partial charge >= 0.3 is 0 Å². The van der Waals surface area contributed by atoms with Gasteiger partial charge in [0.1, 0.15) is 11.8 Å². The maximum absolute atomic E-state index is 13.0. The predicted octanol–water partition coefficient (Wildman–Crippen LogP) is 1.15. The minimum atomic E-state index is -3.24. The molecule has 2 fully saturated rings. The van der Waals surface area contributed by atoms with E-state index in [2.05, 4.69) is 20.4 Å². The molecular weight excluding hydrogens is 456 g/mol. The second-order valence-electron chi connectivity index (χ2n) is 9.15. The van der Waals surface area contributed by atoms with E-state index < -0.39 is 9.84 Å². The standard InChI is InChI=1S/C24H32N4O5S/c1-27-18(7-10-22(29)25-15-19-4-3-13-33-19)14-26-24(30)23-21(27)11-12-28(23)16-17-5-8-20(9-6-17)34(2,31)32/h3-6,8-9,13,18,21,23H,7,10-12,14-16H2,1-2H3,(H,25,29)(H,26,30)/t18-,21-,23-/m0/s1. The molecule has 3 atom stereocenters. The first-order valence-electron chi connectivity index (χ1n) is 11.5. The van der Waals surface area contributed by atoms with Crippen LogP contribution in [0, 0.1) is 0 Å². The lowest BCUT2D eigenvalue weighted by Gasteiger charge is -2.33. The third-order valence-corrected chi connectivity index (χ3v) is 7.96. The Morgan fingerprint density at radius 3 is 2.68 bits per heavy atom. The van der Waals surface area contributed by atoms with Crippen molar-refractivity contribution in [3.05, 3.63) is 54.0 Å². The van der Waals surface area contributed by atoms with Gasteiger partial charge in [-0.15, -0.1) is 0 Å². The van der Waals surface area contributed by atoms with Gasteiger partial charge in [0.05, 0.1) is 17.7 Å². The Bertz CT molecular complexity index is 1100. The fourth-order valence-electron chi connectivity index (χ4n) is 4.89. The molecule has 184 valence electrons. The Hall–Kier alpha value is -2.69. The molecule has 0 bridgehead atoms. The van der Waals surface area contributed by atoms with Crippen LogP contribution in [0.1, 0.15) is 30.6 Å². The number of likely N-dealkylation sites (N-methyl/N-ethyl adjacent to an activating group) is 1. The number of hydrogen-bond acceptors (Lipinski definition) is 7. The van der Waals surface area contributed by atoms with Crippen molar-refractivity contribution in [2.24, 2.45) is 0 Å². The summed E-state index contributed by atoms with van der Waals surface area (Å²) in [7, 11) is -1.20. The van der Waals surface area contributed by atoms with E-state index in [0.717, 1.165) is 18.5 Å². The van der Waals surface area contributed by atoms with Gasteiger partial charge in [0.2, 0.25) is 11.8 Å². The van der Waals surface area contributed by atoms with Crippen LogP contribution in [0.2, 0.25) is 0 Å². The van der Waals surface area contributed by atoms with Crippen LogP contribution in [0.5, 0.6) is 0 Å². The molecule has 0 unspecified atom stereocenters. The van der Waals surface area contributed by atoms with E-state index in [0.29, 0.717) is 43.1 Å². The molecule has 1 aromatic carbocycles. The Morgan fingerprint density at radius 1 is 1.24 bits per heavy atom. The molecular formula is C24H32N4O5S. The SMILES string of the molecule is CN1[C@@H](CCC(=O)NCc2ccco2)CNC(=O)[C@@H]2[C@@H]1CCN2Cc1ccc(S(C)(=O)=O)cc1. The summed E-state index contributed by atoms with van der Waals surface area (Å²) in [6.07, 6.45) is 4.65. The minimum absolute atomic E-state index is 0.00637. The van der Waals surface area contributed by atoms with Crippen molar-refractivity contribution in [2.75, 3.05) is 26.4 Å². The molecule has 0 spiro atoms. The molecule has 4 rings (SSSR count). The van der Waals surface area contributed by atoms with E-state index in [1.165, 1.54) is 6.26 Å². The zero-order chi connectivity index (χ0) is 24.3. The summed E-state index contributed by atoms with van der Waals surface area (Å²) >= 11 is 0. The Morgan fingerprint density at radius 2 is 2.00 bits per heavy atom. The number of sulfone groups is 1. The number of benzene rings is 1. The fraction of sp³-hybridized carbons (Fsp3) is 0.500. The third-order valence-electron chi connectivity index (χ3n) is 6.83. The lowest BCUT2D eigenvalue weighted by Crippen LogP contribution is -2.49. The van der Waals surface area contributed by atoms with Crippen LogP contribution in [0.3, 0.4) is 0 Å². The summed E-state index contributed by atoms with van der Waals surface area (Å²) in [5.74, 6) is 0.682. The number of carbonyl (C=O) groups is 2. The number of amides is 2. The Balaban J connectivity index is 1.34. The number of hydrogen-bond donors (Lipinski definition) is 2. The van der Waals surface area contributed by atoms with Crippen molar-refractivity contribution in [3.8, 4) is 0 Å². The Labute approximate surface area is 200 Å². The molecule has 10 heteroatoms. The second kappa shape index (κ2) is 10.3. The highest BCUT2D eigenvalue weighted by Gasteiger charge is 2.44. The quantitative estimate of drug-likeness (QED) is 0.573. The van der Waals surface area contributed by atoms with Gasteiger partial charge in [-0.05, 0) is 49.7 Å². The number of carbonyl (C=O) groups excluding carboxylic acids is 2. The van der Waals surface area contributed by atoms with Crippen LogP contribution in [0.15, 0.2) is 52.0 Å². The lowest BCUT2D eigenvalue weighted by atomic mass is 10.0. The summed E-state index contributed by atoms with van der Waals surface area (Å²) in [4.78, 5) is 30.0. The highest BCUT2D eigenvalue weighted by molar-refractivity contribution is 7.90. The first-order valence-corrected chi connectivity index (χ1v) is 13.4. The zero-order valence-corrected chi connectivity index (χ0v) is 20.4. The number of nitrogens with zero attached hydrogens (tertiary/aromatic N) is 2. The van der Waals surface area contributed by atoms with Crippen molar-refractivity contribution >= 4 is 21.7 Å². The van der Waals surface area contributed by atoms with E-state index in [1.807, 2.05) is 25.2 Å². The molecule has 0 saturated carbocycles. The molecule has 0 aliphatic carbocycles. The van der Waals surface area contributed by atoms with E-state index in [4.69, 9.17) is 4.42 Å². The molecule has 2 aromatic rings. The van der Waals surface area contributed by atoms with Gasteiger partial charge < -0.3 is 15.1 Å². The van der Waals surface area contributed by atoms with Gasteiger partial charge in [-0.1, -0.05) is 12.1 Å². The van der Waals surface area contributed by atoms with Gasteiger partial charge in [-0.25, -0.2) is 8.42 Å². The Kier molecular flexibility index (Phi) is 7.39. The molecule has 2 aliphatic heterocycles. The summed E-state index contributed by atoms with van der Waals surface area (Å²) in [6, 6.07) is 10.3. The topological polar surface area (TPSA) is 112 Å². The lowest BCUT2D eigenvalue weighted by molar-refractivity contribution is -0.126. The summed E-state index contributed by atoms with van der Waals surface area (Å²) < 4.78 is 28.7. The molecule has 1 aromatic heterocycles. The van der Waals surface area contributed by atoms with E-state index in [9.17, 15) is 18.0 Å². The predicted molar refractivity (Wildman–Crippen MR) is 127 cm³/mol. The molecule has 34 heavy (non-hydrogen) atoms. The average molecular weight is 489 g/mol. The largest absolute Gasteiger partial charge is 0.467 e. The van der Waals surface area contributed by atoms with E-state index in [-0.39, 0.29) is 29.9 Å². The number of nitrogens with one attached hydrogen (secondary N) is 2. The number of likely N-dealkylation sites (tertiary alicyclic amines) is 1. The number of furan rings is 1. The summed E-state index contributed by atoms with van der Waals surface area (Å²) in [5.41, 5.74) is 0.970. The maximum Gasteiger partial charge on any atom is 0.239 e. The highest BCUT2D eigenvalue weighted by Crippen LogP contribution is 2.28. The van der Waals surface area contributed by atoms with E-state index >= 15 is 0 Å². The third kappa shape index (κ3) is 5.68. The normalized spacial score (nSPS) is 23.8. The van der Waals surface area contributed by atoms with E-state index in [1.54, 1.807) is 24.5 Å². The van der Waals surface area contributed by atoms with Crippen molar-refractivity contribution < 1.29 is 22.4 Å². The average Bonchev–Trinajstić information content (AvgIpc) is 3.44. The fourth-order valence-corrected chi connectivity index (χ4v) is 5.52. The first-order chi connectivity index (χ1) is 16.2. The van der Waals surface area contributed by atoms with Gasteiger partial charge in [0.25, 0.3) is 0 Å². The molecule has 9 nitrogen and oxygen atoms in total. The molecule has 2 aliphatic rings. The van der Waals surface area contributed by atoms with Crippen LogP contribution < -0.4 is 10.6 Å². The monoisotopic (exact) mass is 488 g/mol. The van der Waals surface area contributed by atoms with Gasteiger partial charge in [0, 0.05) is 44.4 Å². The molecule has 2 N–H and O–H groups in total. The van der Waals surface area contributed by atoms with Crippen molar-refractivity contribution in [1.82, 2.24) is 20.4 Å². The van der Waals surface area contributed by atoms with Gasteiger partial charge in [0.15, 0.2) is 9.84 Å². The second-order valence-corrected chi connectivity index (χ2v) is 11.2. The minimum Gasteiger partial charge on any atom is -0.467 e. The summed E-state index contributed by atoms with van der Waals surface area (Å²) in [6.45, 7) is 2.22. The van der Waals surface area contributed by atoms with Crippen molar-refractivity contribution in [2.45, 2.75) is 55.4 Å². The number of rotatable bonds is 8. The van der Waals surface area contributed by atoms with Crippen LogP contribution in [-0.4, -0.2) is 74.6 Å². The maximum atomic E-state index is 13.0. The molecule has 2 saturated heterocycles. The molecule has 2 amide bonds. The molecule has 3 heterocycles. The van der Waals surface area contributed by atoms with Crippen LogP contribution in [-0.2, 0) is 32.5 Å². The van der Waals surface area contributed by atoms with Gasteiger partial charge in [-0.2, -0.15) is 0 Å².